The maximum absolute atomic E-state index is 3.73. The summed E-state index contributed by atoms with van der Waals surface area (Å²) in [6.07, 6.45) is 5.91. The number of fused-ring (bicyclic) bond motifs is 1. The molecule has 1 aliphatic rings. The van der Waals surface area contributed by atoms with Crippen LogP contribution in [0, 0.1) is 0 Å². The highest BCUT2D eigenvalue weighted by Crippen LogP contribution is 2.36. The second-order valence-corrected chi connectivity index (χ2v) is 5.98. The fraction of sp³-hybridized carbons (Fsp3) is 0.222. The van der Waals surface area contributed by atoms with Gasteiger partial charge >= 0.3 is 0 Å². The van der Waals surface area contributed by atoms with E-state index in [1.807, 2.05) is 0 Å². The first-order chi connectivity index (χ1) is 9.28. The summed E-state index contributed by atoms with van der Waals surface area (Å²) in [6.45, 7) is 2.24. The summed E-state index contributed by atoms with van der Waals surface area (Å²) >= 11 is 3.73. The van der Waals surface area contributed by atoms with E-state index < -0.39 is 0 Å². The minimum Gasteiger partial charge on any atom is -0.0652 e. The highest BCUT2D eigenvalue weighted by atomic mass is 79.9. The van der Waals surface area contributed by atoms with Gasteiger partial charge in [0.05, 0.1) is 0 Å². The Hall–Kier alpha value is -1.34. The topological polar surface area (TPSA) is 0 Å². The third-order valence-corrected chi connectivity index (χ3v) is 4.32. The van der Waals surface area contributed by atoms with E-state index in [1.165, 1.54) is 39.6 Å². The molecule has 2 aromatic rings. The second-order valence-electron chi connectivity index (χ2n) is 5.13. The van der Waals surface area contributed by atoms with Crippen LogP contribution in [0.2, 0.25) is 0 Å². The fourth-order valence-electron chi connectivity index (χ4n) is 2.76. The number of benzene rings is 2. The molecular weight excluding hydrogens is 296 g/mol. The lowest BCUT2D eigenvalue weighted by atomic mass is 10.00. The Morgan fingerprint density at radius 1 is 1.05 bits per heavy atom. The molecule has 2 aromatic carbocycles. The average Bonchev–Trinajstić information content (AvgIpc) is 2.83. The van der Waals surface area contributed by atoms with Gasteiger partial charge in [-0.05, 0) is 41.2 Å². The van der Waals surface area contributed by atoms with Crippen LogP contribution in [0.25, 0.3) is 17.2 Å². The first-order valence-corrected chi connectivity index (χ1v) is 7.64. The van der Waals surface area contributed by atoms with E-state index in [-0.39, 0.29) is 0 Å². The van der Waals surface area contributed by atoms with E-state index in [4.69, 9.17) is 0 Å². The van der Waals surface area contributed by atoms with Crippen molar-refractivity contribution in [2.75, 3.05) is 0 Å². The highest BCUT2D eigenvalue weighted by molar-refractivity contribution is 9.10. The van der Waals surface area contributed by atoms with Crippen LogP contribution >= 0.6 is 15.9 Å². The monoisotopic (exact) mass is 312 g/mol. The number of hydrogen-bond acceptors (Lipinski definition) is 0. The molecule has 1 heteroatoms. The Balaban J connectivity index is 2.00. The maximum Gasteiger partial charge on any atom is 0.0256 e. The normalized spacial score (nSPS) is 13.3. The van der Waals surface area contributed by atoms with E-state index in [0.717, 1.165) is 6.42 Å². The van der Waals surface area contributed by atoms with Crippen molar-refractivity contribution in [3.63, 3.8) is 0 Å². The van der Waals surface area contributed by atoms with Gasteiger partial charge in [-0.3, -0.25) is 0 Å². The summed E-state index contributed by atoms with van der Waals surface area (Å²) in [4.78, 5) is 0. The minimum atomic E-state index is 1.11. The summed E-state index contributed by atoms with van der Waals surface area (Å²) in [5.74, 6) is 0. The summed E-state index contributed by atoms with van der Waals surface area (Å²) in [5.41, 5.74) is 6.98. The second kappa shape index (κ2) is 5.34. The first kappa shape index (κ1) is 12.7. The van der Waals surface area contributed by atoms with Gasteiger partial charge in [0.25, 0.3) is 0 Å². The van der Waals surface area contributed by atoms with E-state index in [1.54, 1.807) is 5.57 Å². The Kier molecular flexibility index (Phi) is 3.56. The van der Waals surface area contributed by atoms with Crippen LogP contribution in [0.15, 0.2) is 52.5 Å². The van der Waals surface area contributed by atoms with E-state index in [9.17, 15) is 0 Å². The van der Waals surface area contributed by atoms with Crippen molar-refractivity contribution in [3.8, 4) is 11.1 Å². The van der Waals surface area contributed by atoms with Gasteiger partial charge in [-0.1, -0.05) is 77.3 Å². The molecule has 96 valence electrons. The maximum atomic E-state index is 3.73. The predicted octanol–water partition coefficient (Wildman–Crippen LogP) is 5.86. The molecule has 0 radical (unpaired) electrons. The standard InChI is InChI=1S/C18H17Br/c1-2-6-13-9-16-11-15(12-18(19)17(16)10-13)14-7-4-3-5-8-14/h3-5,7-8,10-12H,2,6,9H2,1H3. The third kappa shape index (κ3) is 2.52. The molecule has 0 amide bonds. The van der Waals surface area contributed by atoms with Gasteiger partial charge < -0.3 is 0 Å². The van der Waals surface area contributed by atoms with Crippen molar-refractivity contribution < 1.29 is 0 Å². The van der Waals surface area contributed by atoms with Crippen molar-refractivity contribution in [3.05, 3.63) is 63.6 Å². The van der Waals surface area contributed by atoms with Crippen LogP contribution < -0.4 is 0 Å². The molecule has 1 aliphatic carbocycles. The smallest absolute Gasteiger partial charge is 0.0256 e. The number of rotatable bonds is 3. The SMILES string of the molecule is CCCC1=Cc2c(Br)cc(-c3ccccc3)cc2C1. The zero-order valence-electron chi connectivity index (χ0n) is 11.1. The number of hydrogen-bond donors (Lipinski definition) is 0. The Morgan fingerprint density at radius 3 is 2.58 bits per heavy atom. The van der Waals surface area contributed by atoms with Crippen molar-refractivity contribution in [2.24, 2.45) is 0 Å². The van der Waals surface area contributed by atoms with E-state index >= 15 is 0 Å². The van der Waals surface area contributed by atoms with E-state index in [0.29, 0.717) is 0 Å². The molecule has 0 heterocycles. The van der Waals surface area contributed by atoms with Crippen molar-refractivity contribution in [1.29, 1.82) is 0 Å². The molecule has 0 atom stereocenters. The van der Waals surface area contributed by atoms with Crippen molar-refractivity contribution in [2.45, 2.75) is 26.2 Å². The zero-order valence-corrected chi connectivity index (χ0v) is 12.7. The third-order valence-electron chi connectivity index (χ3n) is 3.66. The molecule has 0 unspecified atom stereocenters. The molecule has 0 saturated carbocycles. The van der Waals surface area contributed by atoms with Crippen molar-refractivity contribution >= 4 is 22.0 Å². The molecule has 0 nitrogen and oxygen atoms in total. The largest absolute Gasteiger partial charge is 0.0652 e. The Morgan fingerprint density at radius 2 is 1.84 bits per heavy atom. The molecule has 3 rings (SSSR count). The molecule has 0 bridgehead atoms. The molecule has 0 saturated heterocycles. The molecule has 19 heavy (non-hydrogen) atoms. The van der Waals surface area contributed by atoms with Gasteiger partial charge in [0.15, 0.2) is 0 Å². The molecular formula is C18H17Br. The van der Waals surface area contributed by atoms with Crippen molar-refractivity contribution in [1.82, 2.24) is 0 Å². The average molecular weight is 313 g/mol. The minimum absolute atomic E-state index is 1.11. The van der Waals surface area contributed by atoms with E-state index in [2.05, 4.69) is 71.4 Å². The van der Waals surface area contributed by atoms with Gasteiger partial charge in [-0.15, -0.1) is 0 Å². The first-order valence-electron chi connectivity index (χ1n) is 6.85. The zero-order chi connectivity index (χ0) is 13.2. The van der Waals surface area contributed by atoms with Crippen LogP contribution in [-0.4, -0.2) is 0 Å². The predicted molar refractivity (Wildman–Crippen MR) is 86.2 cm³/mol. The summed E-state index contributed by atoms with van der Waals surface area (Å²) in [7, 11) is 0. The Labute approximate surface area is 123 Å². The number of halogens is 1. The highest BCUT2D eigenvalue weighted by Gasteiger charge is 2.16. The van der Waals surface area contributed by atoms with Gasteiger partial charge in [0.1, 0.15) is 0 Å². The van der Waals surface area contributed by atoms with Crippen LogP contribution in [-0.2, 0) is 6.42 Å². The molecule has 0 N–H and O–H groups in total. The van der Waals surface area contributed by atoms with Gasteiger partial charge in [0.2, 0.25) is 0 Å². The van der Waals surface area contributed by atoms with Gasteiger partial charge in [0, 0.05) is 4.47 Å². The molecule has 0 spiro atoms. The molecule has 0 aliphatic heterocycles. The fourth-order valence-corrected chi connectivity index (χ4v) is 3.38. The molecule has 0 aromatic heterocycles. The summed E-state index contributed by atoms with van der Waals surface area (Å²) in [6, 6.07) is 15.2. The van der Waals surface area contributed by atoms with Crippen LogP contribution in [0.3, 0.4) is 0 Å². The van der Waals surface area contributed by atoms with Crippen LogP contribution in [0.1, 0.15) is 30.9 Å². The quantitative estimate of drug-likeness (QED) is 0.666. The lowest BCUT2D eigenvalue weighted by Crippen LogP contribution is -1.88. The lowest BCUT2D eigenvalue weighted by Gasteiger charge is -2.07. The Bertz CT molecular complexity index is 624. The summed E-state index contributed by atoms with van der Waals surface area (Å²) < 4.78 is 1.22. The van der Waals surface area contributed by atoms with Gasteiger partial charge in [-0.25, -0.2) is 0 Å². The number of allylic oxidation sites excluding steroid dienone is 1. The van der Waals surface area contributed by atoms with Gasteiger partial charge in [-0.2, -0.15) is 0 Å². The van der Waals surface area contributed by atoms with Crippen LogP contribution in [0.4, 0.5) is 0 Å². The lowest BCUT2D eigenvalue weighted by molar-refractivity contribution is 0.886. The summed E-state index contributed by atoms with van der Waals surface area (Å²) in [5, 5.41) is 0. The van der Waals surface area contributed by atoms with Crippen LogP contribution in [0.5, 0.6) is 0 Å². The molecule has 0 fully saturated rings.